The number of nitrogens with one attached hydrogen (secondary N) is 2. The predicted octanol–water partition coefficient (Wildman–Crippen LogP) is -0.338. The molecule has 0 aromatic carbocycles. The van der Waals surface area contributed by atoms with Crippen LogP contribution in [0.5, 0.6) is 0 Å². The van der Waals surface area contributed by atoms with E-state index in [1.807, 2.05) is 0 Å². The van der Waals surface area contributed by atoms with E-state index in [1.54, 1.807) is 10.8 Å². The van der Waals surface area contributed by atoms with E-state index in [-0.39, 0.29) is 29.9 Å². The number of methoxy groups -OCH3 is 1. The fourth-order valence-electron chi connectivity index (χ4n) is 5.33. The van der Waals surface area contributed by atoms with Crippen LogP contribution in [0.4, 0.5) is 5.69 Å². The van der Waals surface area contributed by atoms with Crippen molar-refractivity contribution in [3.05, 3.63) is 17.4 Å². The number of hydrogen-bond acceptors (Lipinski definition) is 12. The van der Waals surface area contributed by atoms with Crippen molar-refractivity contribution in [3.63, 3.8) is 0 Å². The van der Waals surface area contributed by atoms with Crippen LogP contribution in [0.15, 0.2) is 12.3 Å². The SMILES string of the molecule is COCC(OC[C@H]1O[C@@H](n2ncc3c(NC4CCCC4)cc(Cl)nc32)[C@H](O)[C@@H]1O)(C(=O)NS(=O)(=O)N1CCC1)P(=O)(O)O. The molecule has 2 aromatic heterocycles. The number of fused-ring (bicyclic) bond motifs is 1. The second-order valence-corrected chi connectivity index (χ2v) is 14.6. The summed E-state index contributed by atoms with van der Waals surface area (Å²) in [5.74, 6) is -1.67. The summed E-state index contributed by atoms with van der Waals surface area (Å²) in [7, 11) is -8.97. The molecule has 20 heteroatoms. The number of aliphatic hydroxyl groups excluding tert-OH is 2. The number of pyridine rings is 1. The molecular formula is C23H34ClN6O11PS. The lowest BCUT2D eigenvalue weighted by molar-refractivity contribution is -0.151. The van der Waals surface area contributed by atoms with Gasteiger partial charge in [0.25, 0.3) is 11.2 Å². The van der Waals surface area contributed by atoms with Gasteiger partial charge in [-0.1, -0.05) is 24.4 Å². The Morgan fingerprint density at radius 1 is 1.23 bits per heavy atom. The van der Waals surface area contributed by atoms with Gasteiger partial charge in [0.15, 0.2) is 11.9 Å². The van der Waals surface area contributed by atoms with Gasteiger partial charge in [0.1, 0.15) is 23.5 Å². The van der Waals surface area contributed by atoms with Gasteiger partial charge in [-0.2, -0.15) is 17.8 Å². The first kappa shape index (κ1) is 32.4. The fourth-order valence-corrected chi connectivity index (χ4v) is 7.72. The molecule has 4 heterocycles. The molecule has 6 N–H and O–H groups in total. The maximum atomic E-state index is 13.1. The van der Waals surface area contributed by atoms with Crippen LogP contribution in [-0.2, 0) is 33.8 Å². The van der Waals surface area contributed by atoms with Crippen LogP contribution < -0.4 is 10.0 Å². The molecule has 0 radical (unpaired) electrons. The molecule has 3 aliphatic rings. The number of halogens is 1. The van der Waals surface area contributed by atoms with Crippen molar-refractivity contribution in [2.45, 2.75) is 68.0 Å². The summed E-state index contributed by atoms with van der Waals surface area (Å²) in [6, 6.07) is 1.91. The Balaban J connectivity index is 1.37. The predicted molar refractivity (Wildman–Crippen MR) is 150 cm³/mol. The molecule has 5 atom stereocenters. The lowest BCUT2D eigenvalue weighted by atomic mass is 10.1. The van der Waals surface area contributed by atoms with Gasteiger partial charge in [0, 0.05) is 26.2 Å². The number of rotatable bonds is 12. The Labute approximate surface area is 251 Å². The van der Waals surface area contributed by atoms with Gasteiger partial charge in [-0.05, 0) is 25.3 Å². The third kappa shape index (κ3) is 6.28. The third-order valence-corrected chi connectivity index (χ3v) is 10.9. The second kappa shape index (κ2) is 12.4. The topological polar surface area (TPSA) is 235 Å². The van der Waals surface area contributed by atoms with E-state index in [1.165, 1.54) is 10.9 Å². The number of amides is 1. The van der Waals surface area contributed by atoms with Gasteiger partial charge in [-0.25, -0.2) is 14.4 Å². The molecule has 240 valence electrons. The van der Waals surface area contributed by atoms with Gasteiger partial charge in [0.05, 0.1) is 30.5 Å². The minimum atomic E-state index is -5.59. The summed E-state index contributed by atoms with van der Waals surface area (Å²) in [5, 5.41) is 27.0. The van der Waals surface area contributed by atoms with Gasteiger partial charge in [-0.15, -0.1) is 0 Å². The first-order valence-corrected chi connectivity index (χ1v) is 17.0. The first-order chi connectivity index (χ1) is 20.3. The Kier molecular flexibility index (Phi) is 9.38. The average Bonchev–Trinajstić information content (AvgIpc) is 3.60. The van der Waals surface area contributed by atoms with Crippen LogP contribution in [0, 0.1) is 0 Å². The zero-order chi connectivity index (χ0) is 31.2. The van der Waals surface area contributed by atoms with E-state index in [2.05, 4.69) is 15.4 Å². The van der Waals surface area contributed by atoms with Crippen LogP contribution in [0.3, 0.4) is 0 Å². The molecular weight excluding hydrogens is 635 g/mol. The first-order valence-electron chi connectivity index (χ1n) is 13.6. The van der Waals surface area contributed by atoms with Crippen molar-refractivity contribution in [3.8, 4) is 0 Å². The number of aliphatic hydroxyl groups is 2. The smallest absolute Gasteiger partial charge is 0.369 e. The fraction of sp³-hybridized carbons (Fsp3) is 0.696. The highest BCUT2D eigenvalue weighted by molar-refractivity contribution is 7.87. The van der Waals surface area contributed by atoms with E-state index >= 15 is 0 Å². The molecule has 0 bridgehead atoms. The highest BCUT2D eigenvalue weighted by atomic mass is 35.5. The van der Waals surface area contributed by atoms with E-state index < -0.39 is 66.8 Å². The van der Waals surface area contributed by atoms with E-state index in [0.717, 1.165) is 37.1 Å². The summed E-state index contributed by atoms with van der Waals surface area (Å²) < 4.78 is 57.4. The van der Waals surface area contributed by atoms with Crippen LogP contribution in [0.2, 0.25) is 5.15 Å². The molecule has 5 rings (SSSR count). The molecule has 2 aliphatic heterocycles. The van der Waals surface area contributed by atoms with Crippen molar-refractivity contribution >= 4 is 52.0 Å². The Morgan fingerprint density at radius 2 is 1.93 bits per heavy atom. The van der Waals surface area contributed by atoms with Crippen LogP contribution in [0.1, 0.15) is 38.3 Å². The monoisotopic (exact) mass is 668 g/mol. The van der Waals surface area contributed by atoms with Gasteiger partial charge in [0.2, 0.25) is 0 Å². The van der Waals surface area contributed by atoms with E-state index in [4.69, 9.17) is 25.8 Å². The number of aromatic nitrogens is 3. The zero-order valence-electron chi connectivity index (χ0n) is 23.1. The van der Waals surface area contributed by atoms with Crippen LogP contribution >= 0.6 is 19.2 Å². The van der Waals surface area contributed by atoms with Crippen molar-refractivity contribution in [1.29, 1.82) is 0 Å². The second-order valence-electron chi connectivity index (χ2n) is 10.8. The van der Waals surface area contributed by atoms with Crippen molar-refractivity contribution < 1.29 is 52.0 Å². The quantitative estimate of drug-likeness (QED) is 0.125. The lowest BCUT2D eigenvalue weighted by Crippen LogP contribution is -2.58. The van der Waals surface area contributed by atoms with E-state index in [0.29, 0.717) is 17.5 Å². The molecule has 43 heavy (non-hydrogen) atoms. The number of nitrogens with zero attached hydrogens (tertiary/aromatic N) is 4. The molecule has 17 nitrogen and oxygen atoms in total. The number of carbonyl (C=O) groups is 1. The average molecular weight is 669 g/mol. The molecule has 2 saturated heterocycles. The maximum Gasteiger partial charge on any atom is 0.369 e. The molecule has 3 fully saturated rings. The third-order valence-electron chi connectivity index (χ3n) is 7.86. The molecule has 0 spiro atoms. The zero-order valence-corrected chi connectivity index (χ0v) is 25.5. The van der Waals surface area contributed by atoms with Gasteiger partial charge in [-0.3, -0.25) is 9.36 Å². The minimum Gasteiger partial charge on any atom is -0.387 e. The van der Waals surface area contributed by atoms with Crippen molar-refractivity contribution in [2.24, 2.45) is 0 Å². The summed E-state index contributed by atoms with van der Waals surface area (Å²) in [6.45, 7) is -1.66. The lowest BCUT2D eigenvalue weighted by Gasteiger charge is -2.35. The van der Waals surface area contributed by atoms with Crippen molar-refractivity contribution in [2.75, 3.05) is 38.7 Å². The number of hydrogen-bond donors (Lipinski definition) is 6. The highest BCUT2D eigenvalue weighted by Gasteiger charge is 2.58. The summed E-state index contributed by atoms with van der Waals surface area (Å²) in [5.41, 5.74) is 0.927. The van der Waals surface area contributed by atoms with Crippen LogP contribution in [-0.4, -0.2) is 117 Å². The highest BCUT2D eigenvalue weighted by Crippen LogP contribution is 2.52. The molecule has 1 amide bonds. The largest absolute Gasteiger partial charge is 0.387 e. The normalized spacial score (nSPS) is 26.8. The summed E-state index contributed by atoms with van der Waals surface area (Å²) >= 11 is 6.28. The summed E-state index contributed by atoms with van der Waals surface area (Å²) in [6.07, 6.45) is 0.182. The number of anilines is 1. The molecule has 1 aliphatic carbocycles. The standard InChI is InChI=1S/C23H34ClN6O11PS/c1-39-12-23(42(34,35)36,22(33)28-43(37,38)29-7-4-8-29)40-11-16-18(31)19(32)21(41-16)30-20-14(10-25-30)15(9-17(24)27-20)26-13-5-2-3-6-13/h9-10,13,16,18-19,21,31-32H,2-8,11-12H2,1H3,(H,26,27)(H,28,33)(H2,34,35,36)/t16-,18-,19-,21-,23?/m1/s1. The van der Waals surface area contributed by atoms with Gasteiger partial charge < -0.3 is 39.5 Å². The molecule has 1 saturated carbocycles. The van der Waals surface area contributed by atoms with Crippen LogP contribution in [0.25, 0.3) is 11.0 Å². The Bertz CT molecular complexity index is 1500. The Hall–Kier alpha value is -1.96. The molecule has 1 unspecified atom stereocenters. The minimum absolute atomic E-state index is 0.123. The maximum absolute atomic E-state index is 13.1. The number of ether oxygens (including phenoxy) is 3. The van der Waals surface area contributed by atoms with Gasteiger partial charge >= 0.3 is 17.8 Å². The molecule has 2 aromatic rings. The van der Waals surface area contributed by atoms with E-state index in [9.17, 15) is 37.8 Å². The van der Waals surface area contributed by atoms with Crippen molar-refractivity contribution in [1.82, 2.24) is 23.8 Å². The number of carbonyl (C=O) groups excluding carboxylic acids is 1. The Morgan fingerprint density at radius 3 is 2.53 bits per heavy atom. The summed E-state index contributed by atoms with van der Waals surface area (Å²) in [4.78, 5) is 37.7.